The topological polar surface area (TPSA) is 63.2 Å². The first-order valence-corrected chi connectivity index (χ1v) is 11.0. The quantitative estimate of drug-likeness (QED) is 0.380. The third kappa shape index (κ3) is 4.40. The van der Waals surface area contributed by atoms with Crippen LogP contribution in [-0.2, 0) is 28.1 Å². The minimum Gasteiger partial charge on any atom is -0.463 e. The number of carbonyl (C=O) groups excluding carboxylic acids is 1. The van der Waals surface area contributed by atoms with E-state index in [1.54, 1.807) is 19.1 Å². The van der Waals surface area contributed by atoms with E-state index in [-0.39, 0.29) is 12.1 Å². The molecule has 0 saturated carbocycles. The van der Waals surface area contributed by atoms with E-state index in [0.29, 0.717) is 11.0 Å². The van der Waals surface area contributed by atoms with Crippen LogP contribution in [0.5, 0.6) is 0 Å². The highest BCUT2D eigenvalue weighted by atomic mass is 19.1. The second-order valence-electron chi connectivity index (χ2n) is 10.2. The summed E-state index contributed by atoms with van der Waals surface area (Å²) in [4.78, 5) is 13.3. The number of ether oxygens (including phenoxy) is 1. The van der Waals surface area contributed by atoms with Crippen LogP contribution in [0.25, 0.3) is 5.47 Å². The smallest absolute Gasteiger partial charge is 0.463 e. The number of benzene rings is 1. The lowest BCUT2D eigenvalue weighted by atomic mass is 9.62. The predicted molar refractivity (Wildman–Crippen MR) is 122 cm³/mol. The van der Waals surface area contributed by atoms with E-state index in [1.807, 2.05) is 55.4 Å². The molecule has 3 rings (SSSR count). The van der Waals surface area contributed by atoms with Gasteiger partial charge in [0, 0.05) is 0 Å². The minimum atomic E-state index is -1.02. The van der Waals surface area contributed by atoms with Gasteiger partial charge in [-0.15, -0.1) is 0 Å². The van der Waals surface area contributed by atoms with Crippen LogP contribution in [0.15, 0.2) is 29.7 Å². The highest BCUT2D eigenvalue weighted by Gasteiger charge is 2.58. The molecular weight excluding hydrogens is 413 g/mol. The van der Waals surface area contributed by atoms with E-state index >= 15 is 0 Å². The van der Waals surface area contributed by atoms with E-state index in [0.717, 1.165) is 0 Å². The van der Waals surface area contributed by atoms with Crippen molar-refractivity contribution in [3.05, 3.63) is 41.1 Å². The molecule has 1 aromatic carbocycles. The van der Waals surface area contributed by atoms with Gasteiger partial charge in [-0.1, -0.05) is 12.1 Å². The number of rotatable bonds is 5. The normalized spacial score (nSPS) is 23.8. The summed E-state index contributed by atoms with van der Waals surface area (Å²) in [5.41, 5.74) is -1.56. The van der Waals surface area contributed by atoms with Gasteiger partial charge in [0.05, 0.1) is 34.5 Å². The molecule has 32 heavy (non-hydrogen) atoms. The van der Waals surface area contributed by atoms with E-state index < -0.39 is 48.4 Å². The maximum atomic E-state index is 13.7. The largest absolute Gasteiger partial charge is 0.501 e. The summed E-state index contributed by atoms with van der Waals surface area (Å²) in [6.07, 6.45) is 0. The second-order valence-corrected chi connectivity index (χ2v) is 10.2. The Hall–Kier alpha value is -1.67. The Labute approximate surface area is 191 Å². The van der Waals surface area contributed by atoms with Crippen molar-refractivity contribution in [1.82, 2.24) is 0 Å². The standard InChI is InChI=1S/C23H33B2FO6/c1-10-28-19(27)18(25-31-22(6,7)23(8,9)32-25)17(15-11-13-16(26)14-12-15)24-29-20(2,3)21(4,5)30-24/h11-14H,10H2,1-9H3/b18-17+. The molecule has 2 fully saturated rings. The average molecular weight is 446 g/mol. The zero-order chi connectivity index (χ0) is 24.1. The Morgan fingerprint density at radius 1 is 0.812 bits per heavy atom. The third-order valence-electron chi connectivity index (χ3n) is 6.92. The summed E-state index contributed by atoms with van der Waals surface area (Å²) in [7, 11) is -1.93. The van der Waals surface area contributed by atoms with Crippen LogP contribution in [0, 0.1) is 5.82 Å². The van der Waals surface area contributed by atoms with Crippen LogP contribution in [0.1, 0.15) is 67.9 Å². The fourth-order valence-electron chi connectivity index (χ4n) is 3.51. The summed E-state index contributed by atoms with van der Waals surface area (Å²) in [5, 5.41) is 0. The van der Waals surface area contributed by atoms with Crippen molar-refractivity contribution < 1.29 is 32.5 Å². The molecule has 1 aromatic rings. The van der Waals surface area contributed by atoms with E-state index in [4.69, 9.17) is 23.4 Å². The summed E-state index contributed by atoms with van der Waals surface area (Å²) >= 11 is 0. The SMILES string of the molecule is CCOC(=O)/C(B1OC(C)(C)C(C)(C)O1)=C(\B1OC(C)(C)C(C)(C)O1)c1ccc(F)cc1. The van der Waals surface area contributed by atoms with Crippen molar-refractivity contribution in [2.45, 2.75) is 84.7 Å². The molecule has 2 heterocycles. The summed E-state index contributed by atoms with van der Waals surface area (Å²) in [6.45, 7) is 17.2. The maximum absolute atomic E-state index is 13.7. The molecule has 0 atom stereocenters. The number of hydrogen-bond donors (Lipinski definition) is 0. The van der Waals surface area contributed by atoms with Crippen LogP contribution in [0.2, 0.25) is 0 Å². The molecule has 0 amide bonds. The molecule has 174 valence electrons. The molecule has 0 bridgehead atoms. The van der Waals surface area contributed by atoms with Crippen LogP contribution in [-0.4, -0.2) is 49.2 Å². The second kappa shape index (κ2) is 8.28. The van der Waals surface area contributed by atoms with Crippen molar-refractivity contribution in [2.75, 3.05) is 6.61 Å². The van der Waals surface area contributed by atoms with Crippen molar-refractivity contribution in [3.8, 4) is 0 Å². The first-order valence-electron chi connectivity index (χ1n) is 11.0. The van der Waals surface area contributed by atoms with E-state index in [9.17, 15) is 9.18 Å². The number of hydrogen-bond acceptors (Lipinski definition) is 6. The van der Waals surface area contributed by atoms with Gasteiger partial charge in [-0.05, 0) is 85.5 Å². The van der Waals surface area contributed by atoms with Crippen LogP contribution in [0.4, 0.5) is 4.39 Å². The molecule has 0 aromatic heterocycles. The lowest BCUT2D eigenvalue weighted by Crippen LogP contribution is -2.41. The summed E-state index contributed by atoms with van der Waals surface area (Å²) < 4.78 is 44.2. The first-order chi connectivity index (χ1) is 14.6. The molecule has 0 spiro atoms. The van der Waals surface area contributed by atoms with Gasteiger partial charge in [0.25, 0.3) is 0 Å². The number of halogens is 1. The number of carbonyl (C=O) groups is 1. The van der Waals surface area contributed by atoms with Gasteiger partial charge >= 0.3 is 20.2 Å². The van der Waals surface area contributed by atoms with Gasteiger partial charge < -0.3 is 23.4 Å². The van der Waals surface area contributed by atoms with Gasteiger partial charge in [0.15, 0.2) is 0 Å². The number of esters is 1. The van der Waals surface area contributed by atoms with Gasteiger partial charge in [0.1, 0.15) is 5.82 Å². The van der Waals surface area contributed by atoms with Crippen molar-refractivity contribution >= 4 is 25.7 Å². The molecule has 0 aliphatic carbocycles. The molecule has 2 aliphatic heterocycles. The van der Waals surface area contributed by atoms with Crippen LogP contribution >= 0.6 is 0 Å². The summed E-state index contributed by atoms with van der Waals surface area (Å²) in [6, 6.07) is 5.82. The van der Waals surface area contributed by atoms with Crippen LogP contribution in [0.3, 0.4) is 0 Å². The van der Waals surface area contributed by atoms with Gasteiger partial charge in [-0.3, -0.25) is 0 Å². The molecule has 0 radical (unpaired) electrons. The Kier molecular flexibility index (Phi) is 6.46. The van der Waals surface area contributed by atoms with Crippen LogP contribution < -0.4 is 0 Å². The fourth-order valence-corrected chi connectivity index (χ4v) is 3.51. The zero-order valence-electron chi connectivity index (χ0n) is 20.5. The van der Waals surface area contributed by atoms with Gasteiger partial charge in [-0.25, -0.2) is 9.18 Å². The lowest BCUT2D eigenvalue weighted by Gasteiger charge is -2.32. The Bertz CT molecular complexity index is 876. The highest BCUT2D eigenvalue weighted by Crippen LogP contribution is 2.44. The van der Waals surface area contributed by atoms with Crippen molar-refractivity contribution in [3.63, 3.8) is 0 Å². The molecule has 2 saturated heterocycles. The first kappa shape index (κ1) is 25.0. The molecular formula is C23H33B2FO6. The third-order valence-corrected chi connectivity index (χ3v) is 6.92. The summed E-state index contributed by atoms with van der Waals surface area (Å²) in [5.74, 6) is -0.990. The van der Waals surface area contributed by atoms with Crippen molar-refractivity contribution in [2.24, 2.45) is 0 Å². The Balaban J connectivity index is 2.23. The Morgan fingerprint density at radius 3 is 1.62 bits per heavy atom. The van der Waals surface area contributed by atoms with Gasteiger partial charge in [0.2, 0.25) is 0 Å². The molecule has 0 N–H and O–H groups in total. The maximum Gasteiger partial charge on any atom is 0.501 e. The molecule has 6 nitrogen and oxygen atoms in total. The molecule has 0 unspecified atom stereocenters. The minimum absolute atomic E-state index is 0.149. The molecule has 2 aliphatic rings. The van der Waals surface area contributed by atoms with Gasteiger partial charge in [-0.2, -0.15) is 0 Å². The fraction of sp³-hybridized carbons (Fsp3) is 0.609. The lowest BCUT2D eigenvalue weighted by molar-refractivity contribution is -0.137. The Morgan fingerprint density at radius 2 is 1.22 bits per heavy atom. The average Bonchev–Trinajstić information content (AvgIpc) is 2.99. The van der Waals surface area contributed by atoms with E-state index in [1.165, 1.54) is 12.1 Å². The zero-order valence-corrected chi connectivity index (χ0v) is 20.5. The monoisotopic (exact) mass is 446 g/mol. The highest BCUT2D eigenvalue weighted by molar-refractivity contribution is 6.77. The van der Waals surface area contributed by atoms with E-state index in [2.05, 4.69) is 0 Å². The molecule has 9 heteroatoms. The van der Waals surface area contributed by atoms with Crippen molar-refractivity contribution in [1.29, 1.82) is 0 Å². The predicted octanol–water partition coefficient (Wildman–Crippen LogP) is 4.41.